The molecule has 1 amide bonds. The first-order chi connectivity index (χ1) is 8.15. The first-order valence-corrected chi connectivity index (χ1v) is 6.83. The molecule has 0 aromatic carbocycles. The maximum Gasteiger partial charge on any atom is 0.237 e. The van der Waals surface area contributed by atoms with Crippen LogP contribution in [0.5, 0.6) is 0 Å². The molecule has 2 N–H and O–H groups in total. The minimum Gasteiger partial charge on any atom is -0.355 e. The number of piperidine rings is 1. The van der Waals surface area contributed by atoms with E-state index in [9.17, 15) is 4.79 Å². The summed E-state index contributed by atoms with van der Waals surface area (Å²) >= 11 is 0. The van der Waals surface area contributed by atoms with Gasteiger partial charge in [0.25, 0.3) is 0 Å². The van der Waals surface area contributed by atoms with Gasteiger partial charge < -0.3 is 10.6 Å². The smallest absolute Gasteiger partial charge is 0.237 e. The molecule has 4 nitrogen and oxygen atoms in total. The van der Waals surface area contributed by atoms with Gasteiger partial charge in [-0.3, -0.25) is 9.69 Å². The SMILES string of the molecule is CCCNC(=O)C(C)N(C)CC1CCCNC1. The van der Waals surface area contributed by atoms with Crippen molar-refractivity contribution < 1.29 is 4.79 Å². The Morgan fingerprint density at radius 2 is 2.35 bits per heavy atom. The second-order valence-electron chi connectivity index (χ2n) is 5.12. The van der Waals surface area contributed by atoms with Crippen molar-refractivity contribution >= 4 is 5.91 Å². The van der Waals surface area contributed by atoms with Gasteiger partial charge in [0.05, 0.1) is 6.04 Å². The average molecular weight is 241 g/mol. The number of amides is 1. The predicted molar refractivity (Wildman–Crippen MR) is 71.0 cm³/mol. The molecule has 0 saturated carbocycles. The van der Waals surface area contributed by atoms with E-state index in [0.717, 1.165) is 32.6 Å². The van der Waals surface area contributed by atoms with Crippen molar-refractivity contribution in [3.8, 4) is 0 Å². The molecule has 1 rings (SSSR count). The lowest BCUT2D eigenvalue weighted by Crippen LogP contribution is -2.46. The van der Waals surface area contributed by atoms with Crippen LogP contribution in [0.4, 0.5) is 0 Å². The Labute approximate surface area is 105 Å². The van der Waals surface area contributed by atoms with Crippen molar-refractivity contribution in [1.82, 2.24) is 15.5 Å². The van der Waals surface area contributed by atoms with Crippen LogP contribution in [0.3, 0.4) is 0 Å². The van der Waals surface area contributed by atoms with Crippen molar-refractivity contribution in [2.75, 3.05) is 33.2 Å². The van der Waals surface area contributed by atoms with Crippen molar-refractivity contribution in [3.05, 3.63) is 0 Å². The summed E-state index contributed by atoms with van der Waals surface area (Å²) in [5.74, 6) is 0.841. The van der Waals surface area contributed by atoms with Crippen molar-refractivity contribution in [1.29, 1.82) is 0 Å². The molecule has 0 aromatic rings. The fraction of sp³-hybridized carbons (Fsp3) is 0.923. The van der Waals surface area contributed by atoms with Crippen LogP contribution >= 0.6 is 0 Å². The van der Waals surface area contributed by atoms with Crippen LogP contribution in [0.1, 0.15) is 33.1 Å². The molecule has 17 heavy (non-hydrogen) atoms. The topological polar surface area (TPSA) is 44.4 Å². The lowest BCUT2D eigenvalue weighted by atomic mass is 9.99. The quantitative estimate of drug-likeness (QED) is 0.724. The van der Waals surface area contributed by atoms with Crippen LogP contribution in [0.25, 0.3) is 0 Å². The molecule has 0 aromatic heterocycles. The number of hydrogen-bond acceptors (Lipinski definition) is 3. The fourth-order valence-corrected chi connectivity index (χ4v) is 2.24. The van der Waals surface area contributed by atoms with E-state index < -0.39 is 0 Å². The van der Waals surface area contributed by atoms with Gasteiger partial charge in [-0.15, -0.1) is 0 Å². The standard InChI is InChI=1S/C13H27N3O/c1-4-7-15-13(17)11(2)16(3)10-12-6-5-8-14-9-12/h11-12,14H,4-10H2,1-3H3,(H,15,17). The van der Waals surface area contributed by atoms with E-state index >= 15 is 0 Å². The molecular weight excluding hydrogens is 214 g/mol. The molecule has 2 unspecified atom stereocenters. The molecule has 1 aliphatic rings. The minimum absolute atomic E-state index is 0.0246. The van der Waals surface area contributed by atoms with Gasteiger partial charge in [0, 0.05) is 13.1 Å². The van der Waals surface area contributed by atoms with Crippen LogP contribution in [-0.4, -0.2) is 50.1 Å². The van der Waals surface area contributed by atoms with Crippen LogP contribution in [0, 0.1) is 5.92 Å². The lowest BCUT2D eigenvalue weighted by molar-refractivity contribution is -0.125. The summed E-state index contributed by atoms with van der Waals surface area (Å²) in [4.78, 5) is 14.0. The highest BCUT2D eigenvalue weighted by atomic mass is 16.2. The first kappa shape index (κ1) is 14.5. The number of rotatable bonds is 6. The monoisotopic (exact) mass is 241 g/mol. The second kappa shape index (κ2) is 7.67. The Hall–Kier alpha value is -0.610. The summed E-state index contributed by atoms with van der Waals surface area (Å²) in [6.45, 7) is 8.08. The molecule has 100 valence electrons. The maximum absolute atomic E-state index is 11.8. The summed E-state index contributed by atoms with van der Waals surface area (Å²) in [7, 11) is 2.05. The fourth-order valence-electron chi connectivity index (χ4n) is 2.24. The van der Waals surface area contributed by atoms with E-state index in [1.54, 1.807) is 0 Å². The Bertz CT molecular complexity index is 227. The zero-order valence-electron chi connectivity index (χ0n) is 11.5. The van der Waals surface area contributed by atoms with E-state index in [4.69, 9.17) is 0 Å². The van der Waals surface area contributed by atoms with Crippen molar-refractivity contribution in [2.24, 2.45) is 5.92 Å². The molecule has 0 aliphatic carbocycles. The summed E-state index contributed by atoms with van der Waals surface area (Å²) in [6.07, 6.45) is 3.53. The maximum atomic E-state index is 11.8. The van der Waals surface area contributed by atoms with Crippen molar-refractivity contribution in [2.45, 2.75) is 39.2 Å². The second-order valence-corrected chi connectivity index (χ2v) is 5.12. The molecule has 0 radical (unpaired) electrons. The number of carbonyl (C=O) groups is 1. The summed E-state index contributed by atoms with van der Waals surface area (Å²) in [5.41, 5.74) is 0. The third kappa shape index (κ3) is 5.04. The summed E-state index contributed by atoms with van der Waals surface area (Å²) in [5, 5.41) is 6.37. The third-order valence-corrected chi connectivity index (χ3v) is 3.53. The van der Waals surface area contributed by atoms with Gasteiger partial charge in [-0.25, -0.2) is 0 Å². The number of hydrogen-bond donors (Lipinski definition) is 2. The highest BCUT2D eigenvalue weighted by Crippen LogP contribution is 2.12. The molecule has 1 fully saturated rings. The zero-order valence-corrected chi connectivity index (χ0v) is 11.5. The first-order valence-electron chi connectivity index (χ1n) is 6.83. The van der Waals surface area contributed by atoms with Crippen LogP contribution < -0.4 is 10.6 Å². The van der Waals surface area contributed by atoms with Gasteiger partial charge in [-0.05, 0) is 52.2 Å². The molecule has 1 aliphatic heterocycles. The van der Waals surface area contributed by atoms with Crippen LogP contribution in [0.2, 0.25) is 0 Å². The van der Waals surface area contributed by atoms with Gasteiger partial charge in [0.1, 0.15) is 0 Å². The highest BCUT2D eigenvalue weighted by molar-refractivity contribution is 5.81. The van der Waals surface area contributed by atoms with E-state index in [2.05, 4.69) is 22.5 Å². The molecule has 1 heterocycles. The molecule has 2 atom stereocenters. The van der Waals surface area contributed by atoms with Gasteiger partial charge in [0.2, 0.25) is 5.91 Å². The van der Waals surface area contributed by atoms with E-state index in [-0.39, 0.29) is 11.9 Å². The van der Waals surface area contributed by atoms with Gasteiger partial charge in [-0.2, -0.15) is 0 Å². The number of carbonyl (C=O) groups excluding carboxylic acids is 1. The van der Waals surface area contributed by atoms with Gasteiger partial charge in [-0.1, -0.05) is 6.92 Å². The molecule has 4 heteroatoms. The lowest BCUT2D eigenvalue weighted by Gasteiger charge is -2.30. The third-order valence-electron chi connectivity index (χ3n) is 3.53. The van der Waals surface area contributed by atoms with Crippen LogP contribution in [-0.2, 0) is 4.79 Å². The number of nitrogens with one attached hydrogen (secondary N) is 2. The number of likely N-dealkylation sites (N-methyl/N-ethyl adjacent to an activating group) is 1. The Morgan fingerprint density at radius 1 is 1.59 bits per heavy atom. The van der Waals surface area contributed by atoms with Gasteiger partial charge in [0.15, 0.2) is 0 Å². The summed E-state index contributed by atoms with van der Waals surface area (Å²) < 4.78 is 0. The largest absolute Gasteiger partial charge is 0.355 e. The summed E-state index contributed by atoms with van der Waals surface area (Å²) in [6, 6.07) is -0.0246. The molecule has 1 saturated heterocycles. The van der Waals surface area contributed by atoms with Gasteiger partial charge >= 0.3 is 0 Å². The van der Waals surface area contributed by atoms with Crippen LogP contribution in [0.15, 0.2) is 0 Å². The Morgan fingerprint density at radius 3 is 2.94 bits per heavy atom. The van der Waals surface area contributed by atoms with E-state index in [1.807, 2.05) is 14.0 Å². The Kier molecular flexibility index (Phi) is 6.52. The van der Waals surface area contributed by atoms with E-state index in [1.165, 1.54) is 12.8 Å². The number of nitrogens with zero attached hydrogens (tertiary/aromatic N) is 1. The predicted octanol–water partition coefficient (Wildman–Crippen LogP) is 0.833. The molecular formula is C13H27N3O. The normalized spacial score (nSPS) is 22.5. The molecule has 0 bridgehead atoms. The van der Waals surface area contributed by atoms with E-state index in [0.29, 0.717) is 5.92 Å². The van der Waals surface area contributed by atoms with Crippen molar-refractivity contribution in [3.63, 3.8) is 0 Å². The zero-order chi connectivity index (χ0) is 12.7. The average Bonchev–Trinajstić information content (AvgIpc) is 2.36. The Balaban J connectivity index is 2.29. The molecule has 0 spiro atoms. The highest BCUT2D eigenvalue weighted by Gasteiger charge is 2.21. The minimum atomic E-state index is -0.0246.